The van der Waals surface area contributed by atoms with E-state index in [1.165, 1.54) is 5.56 Å². The van der Waals surface area contributed by atoms with Crippen molar-refractivity contribution in [1.29, 1.82) is 0 Å². The Morgan fingerprint density at radius 2 is 1.83 bits per heavy atom. The first-order chi connectivity index (χ1) is 10.9. The summed E-state index contributed by atoms with van der Waals surface area (Å²) in [6, 6.07) is 15.0. The second-order valence-corrected chi connectivity index (χ2v) is 7.51. The molecule has 0 aliphatic heterocycles. The summed E-state index contributed by atoms with van der Waals surface area (Å²) in [6.45, 7) is 4.21. The predicted molar refractivity (Wildman–Crippen MR) is 92.2 cm³/mol. The van der Waals surface area contributed by atoms with Crippen molar-refractivity contribution in [2.75, 3.05) is 13.7 Å². The third-order valence-corrected chi connectivity index (χ3v) is 5.30. The second-order valence-electron chi connectivity index (χ2n) is 5.78. The molecule has 5 heteroatoms. The fourth-order valence-electron chi connectivity index (χ4n) is 2.47. The van der Waals surface area contributed by atoms with Crippen LogP contribution in [-0.4, -0.2) is 22.1 Å². The van der Waals surface area contributed by atoms with E-state index in [-0.39, 0.29) is 5.92 Å². The number of sulfonamides is 1. The molecule has 2 aromatic carbocycles. The van der Waals surface area contributed by atoms with Gasteiger partial charge >= 0.3 is 0 Å². The smallest absolute Gasteiger partial charge is 0.240 e. The van der Waals surface area contributed by atoms with E-state index in [4.69, 9.17) is 4.74 Å². The number of hydrogen-bond acceptors (Lipinski definition) is 3. The van der Waals surface area contributed by atoms with Crippen LogP contribution in [0.1, 0.15) is 18.1 Å². The average Bonchev–Trinajstić information content (AvgIpc) is 2.53. The number of hydrogen-bond donors (Lipinski definition) is 1. The van der Waals surface area contributed by atoms with E-state index in [2.05, 4.69) is 16.9 Å². The third kappa shape index (κ3) is 4.81. The van der Waals surface area contributed by atoms with Crippen LogP contribution in [0.2, 0.25) is 0 Å². The molecule has 2 rings (SSSR count). The monoisotopic (exact) mass is 333 g/mol. The summed E-state index contributed by atoms with van der Waals surface area (Å²) in [5.74, 6) is 0.865. The quantitative estimate of drug-likeness (QED) is 0.847. The number of aryl methyl sites for hydroxylation is 1. The summed E-state index contributed by atoms with van der Waals surface area (Å²) in [7, 11) is -1.95. The van der Waals surface area contributed by atoms with Gasteiger partial charge in [0.1, 0.15) is 5.75 Å². The molecule has 0 saturated heterocycles. The zero-order valence-corrected chi connectivity index (χ0v) is 14.6. The van der Waals surface area contributed by atoms with Gasteiger partial charge in [0, 0.05) is 6.54 Å². The van der Waals surface area contributed by atoms with Gasteiger partial charge < -0.3 is 4.74 Å². The van der Waals surface area contributed by atoms with Crippen LogP contribution in [0.25, 0.3) is 0 Å². The van der Waals surface area contributed by atoms with E-state index in [0.29, 0.717) is 22.8 Å². The molecule has 0 heterocycles. The first-order valence-corrected chi connectivity index (χ1v) is 9.09. The Labute approximate surface area is 138 Å². The summed E-state index contributed by atoms with van der Waals surface area (Å²) in [6.07, 6.45) is 0.838. The van der Waals surface area contributed by atoms with Gasteiger partial charge in [-0.3, -0.25) is 0 Å². The number of ether oxygens (including phenoxy) is 1. The van der Waals surface area contributed by atoms with Crippen molar-refractivity contribution in [3.05, 3.63) is 59.7 Å². The van der Waals surface area contributed by atoms with E-state index in [1.54, 1.807) is 32.2 Å². The minimum atomic E-state index is -3.51. The van der Waals surface area contributed by atoms with Crippen molar-refractivity contribution >= 4 is 10.0 Å². The van der Waals surface area contributed by atoms with Crippen LogP contribution in [0.3, 0.4) is 0 Å². The highest BCUT2D eigenvalue weighted by molar-refractivity contribution is 7.89. The maximum atomic E-state index is 12.5. The van der Waals surface area contributed by atoms with Crippen LogP contribution >= 0.6 is 0 Å². The summed E-state index contributed by atoms with van der Waals surface area (Å²) in [5.41, 5.74) is 1.88. The molecule has 0 saturated carbocycles. The van der Waals surface area contributed by atoms with Crippen molar-refractivity contribution in [3.63, 3.8) is 0 Å². The van der Waals surface area contributed by atoms with Gasteiger partial charge in [-0.15, -0.1) is 0 Å². The van der Waals surface area contributed by atoms with Crippen molar-refractivity contribution in [2.45, 2.75) is 25.2 Å². The van der Waals surface area contributed by atoms with Gasteiger partial charge in [0.15, 0.2) is 0 Å². The van der Waals surface area contributed by atoms with Crippen molar-refractivity contribution in [3.8, 4) is 5.75 Å². The average molecular weight is 333 g/mol. The molecule has 0 spiro atoms. The molecule has 2 aromatic rings. The zero-order valence-electron chi connectivity index (χ0n) is 13.7. The Morgan fingerprint density at radius 3 is 2.43 bits per heavy atom. The molecule has 1 unspecified atom stereocenters. The minimum Gasteiger partial charge on any atom is -0.497 e. The highest BCUT2D eigenvalue weighted by Crippen LogP contribution is 2.21. The van der Waals surface area contributed by atoms with E-state index in [1.807, 2.05) is 25.1 Å². The minimum absolute atomic E-state index is 0.214. The van der Waals surface area contributed by atoms with Gasteiger partial charge in [-0.1, -0.05) is 37.3 Å². The number of nitrogens with one attached hydrogen (secondary N) is 1. The Morgan fingerprint density at radius 1 is 1.13 bits per heavy atom. The Bertz CT molecular complexity index is 742. The molecule has 4 nitrogen and oxygen atoms in total. The van der Waals surface area contributed by atoms with Crippen molar-refractivity contribution < 1.29 is 13.2 Å². The first kappa shape index (κ1) is 17.5. The standard InChI is InChI=1S/C18H23NO3S/c1-14(11-16-7-5-4-6-8-16)13-19-23(20,21)18-10-9-17(22-3)12-15(18)2/h4-10,12,14,19H,11,13H2,1-3H3. The highest BCUT2D eigenvalue weighted by atomic mass is 32.2. The van der Waals surface area contributed by atoms with Crippen LogP contribution in [0.15, 0.2) is 53.4 Å². The molecular weight excluding hydrogens is 310 g/mol. The molecule has 0 amide bonds. The Balaban J connectivity index is 2.01. The van der Waals surface area contributed by atoms with Crippen molar-refractivity contribution in [1.82, 2.24) is 4.72 Å². The Hall–Kier alpha value is -1.85. The van der Waals surface area contributed by atoms with Gasteiger partial charge in [-0.25, -0.2) is 13.1 Å². The van der Waals surface area contributed by atoms with Crippen molar-refractivity contribution in [2.24, 2.45) is 5.92 Å². The summed E-state index contributed by atoms with van der Waals surface area (Å²) < 4.78 is 32.7. The maximum Gasteiger partial charge on any atom is 0.240 e. The maximum absolute atomic E-state index is 12.5. The lowest BCUT2D eigenvalue weighted by atomic mass is 10.0. The normalized spacial score (nSPS) is 12.8. The van der Waals surface area contributed by atoms with Gasteiger partial charge in [0.05, 0.1) is 12.0 Å². The lowest BCUT2D eigenvalue weighted by Crippen LogP contribution is -2.29. The SMILES string of the molecule is COc1ccc(S(=O)(=O)NCC(C)Cc2ccccc2)c(C)c1. The third-order valence-electron chi connectivity index (χ3n) is 3.72. The molecule has 0 aromatic heterocycles. The van der Waals surface area contributed by atoms with Crippen LogP contribution < -0.4 is 9.46 Å². The molecule has 124 valence electrons. The Kier molecular flexibility index (Phi) is 5.80. The largest absolute Gasteiger partial charge is 0.497 e. The van der Waals surface area contributed by atoms with E-state index in [0.717, 1.165) is 6.42 Å². The molecule has 1 atom stereocenters. The van der Waals surface area contributed by atoms with Gasteiger partial charge in [0.25, 0.3) is 0 Å². The molecule has 0 aliphatic carbocycles. The fraction of sp³-hybridized carbons (Fsp3) is 0.333. The van der Waals surface area contributed by atoms with E-state index in [9.17, 15) is 8.42 Å². The predicted octanol–water partition coefficient (Wildman–Crippen LogP) is 3.16. The molecule has 0 aliphatic rings. The van der Waals surface area contributed by atoms with Gasteiger partial charge in [-0.05, 0) is 48.6 Å². The van der Waals surface area contributed by atoms with E-state index < -0.39 is 10.0 Å². The summed E-state index contributed by atoms with van der Waals surface area (Å²) in [5, 5.41) is 0. The molecule has 0 radical (unpaired) electrons. The lowest BCUT2D eigenvalue weighted by Gasteiger charge is -2.14. The van der Waals surface area contributed by atoms with Gasteiger partial charge in [0.2, 0.25) is 10.0 Å². The van der Waals surface area contributed by atoms with E-state index >= 15 is 0 Å². The molecule has 0 bridgehead atoms. The molecule has 23 heavy (non-hydrogen) atoms. The fourth-order valence-corrected chi connectivity index (χ4v) is 3.86. The lowest BCUT2D eigenvalue weighted by molar-refractivity contribution is 0.414. The molecule has 1 N–H and O–H groups in total. The van der Waals surface area contributed by atoms with Gasteiger partial charge in [-0.2, -0.15) is 0 Å². The topological polar surface area (TPSA) is 55.4 Å². The van der Waals surface area contributed by atoms with Crippen LogP contribution in [0, 0.1) is 12.8 Å². The number of benzene rings is 2. The summed E-state index contributed by atoms with van der Waals surface area (Å²) in [4.78, 5) is 0.296. The van der Waals surface area contributed by atoms with Crippen LogP contribution in [0.4, 0.5) is 0 Å². The number of methoxy groups -OCH3 is 1. The van der Waals surface area contributed by atoms with Crippen LogP contribution in [-0.2, 0) is 16.4 Å². The molecule has 0 fully saturated rings. The van der Waals surface area contributed by atoms with Crippen LogP contribution in [0.5, 0.6) is 5.75 Å². The molecular formula is C18H23NO3S. The second kappa shape index (κ2) is 7.62. The summed E-state index contributed by atoms with van der Waals surface area (Å²) >= 11 is 0. The highest BCUT2D eigenvalue weighted by Gasteiger charge is 2.18. The first-order valence-electron chi connectivity index (χ1n) is 7.60. The zero-order chi connectivity index (χ0) is 16.9. The number of rotatable bonds is 7.